The fourth-order valence-electron chi connectivity index (χ4n) is 3.39. The van der Waals surface area contributed by atoms with E-state index in [9.17, 15) is 4.79 Å². The molecule has 0 aromatic heterocycles. The van der Waals surface area contributed by atoms with Crippen LogP contribution in [0, 0.1) is 5.92 Å². The number of hydrogen-bond donors (Lipinski definition) is 2. The fourth-order valence-corrected chi connectivity index (χ4v) is 3.39. The van der Waals surface area contributed by atoms with Gasteiger partial charge in [-0.1, -0.05) is 6.07 Å². The van der Waals surface area contributed by atoms with E-state index in [1.54, 1.807) is 14.2 Å². The number of morpholine rings is 1. The van der Waals surface area contributed by atoms with Crippen LogP contribution in [0.4, 0.5) is 0 Å². The Balaban J connectivity index is 0.00000210. The van der Waals surface area contributed by atoms with Crippen molar-refractivity contribution >= 4 is 30.7 Å². The van der Waals surface area contributed by atoms with Gasteiger partial charge in [0.25, 0.3) is 0 Å². The van der Waals surface area contributed by atoms with E-state index in [-0.39, 0.29) is 36.8 Å². The summed E-state index contributed by atoms with van der Waals surface area (Å²) in [5.41, 5.74) is 1.10. The van der Waals surface area contributed by atoms with Crippen molar-refractivity contribution in [3.8, 4) is 11.5 Å². The average Bonchev–Trinajstić information content (AvgIpc) is 3.53. The highest BCUT2D eigenvalue weighted by Gasteiger charge is 2.25. The smallest absolute Gasteiger partial charge is 0.234 e. The fraction of sp³-hybridized carbons (Fsp3) is 0.650. The molecule has 2 fully saturated rings. The molecule has 1 atom stereocenters. The summed E-state index contributed by atoms with van der Waals surface area (Å²) in [5.74, 6) is 2.21. The number of nitrogens with one attached hydrogen (secondary N) is 2. The normalized spacial score (nSPS) is 17.4. The second-order valence-electron chi connectivity index (χ2n) is 7.16. The lowest BCUT2D eigenvalue weighted by Crippen LogP contribution is -2.45. The molecule has 1 aliphatic carbocycles. The van der Waals surface area contributed by atoms with E-state index >= 15 is 0 Å². The minimum Gasteiger partial charge on any atom is -0.493 e. The molecule has 1 amide bonds. The van der Waals surface area contributed by atoms with E-state index in [4.69, 9.17) is 14.2 Å². The Hall–Kier alpha value is -1.25. The highest BCUT2D eigenvalue weighted by Crippen LogP contribution is 2.32. The highest BCUT2D eigenvalue weighted by atomic mass is 35.5. The summed E-state index contributed by atoms with van der Waals surface area (Å²) in [7, 11) is 3.27. The Morgan fingerprint density at radius 3 is 2.48 bits per heavy atom. The predicted octanol–water partition coefficient (Wildman–Crippen LogP) is 2.04. The van der Waals surface area contributed by atoms with Crippen molar-refractivity contribution in [3.05, 3.63) is 23.8 Å². The van der Waals surface area contributed by atoms with Gasteiger partial charge in [0.1, 0.15) is 0 Å². The summed E-state index contributed by atoms with van der Waals surface area (Å²) in [6, 6.07) is 6.02. The third-order valence-electron chi connectivity index (χ3n) is 5.19. The van der Waals surface area contributed by atoms with Crippen LogP contribution in [-0.4, -0.2) is 71.0 Å². The number of rotatable bonds is 10. The van der Waals surface area contributed by atoms with Gasteiger partial charge in [-0.2, -0.15) is 0 Å². The zero-order valence-electron chi connectivity index (χ0n) is 17.1. The molecule has 2 N–H and O–H groups in total. The van der Waals surface area contributed by atoms with Crippen molar-refractivity contribution in [2.75, 3.05) is 60.2 Å². The molecule has 1 aromatic rings. The van der Waals surface area contributed by atoms with Crippen molar-refractivity contribution in [2.24, 2.45) is 5.92 Å². The molecule has 3 rings (SSSR count). The summed E-state index contributed by atoms with van der Waals surface area (Å²) in [4.78, 5) is 14.6. The van der Waals surface area contributed by atoms with E-state index < -0.39 is 0 Å². The summed E-state index contributed by atoms with van der Waals surface area (Å²) < 4.78 is 16.3. The van der Waals surface area contributed by atoms with Gasteiger partial charge >= 0.3 is 0 Å². The third kappa shape index (κ3) is 7.83. The SMILES string of the molecule is COc1ccc(C(CNC(=O)CNCC2CC2)N2CCOCC2)cc1OC.Cl.Cl. The van der Waals surface area contributed by atoms with Crippen LogP contribution in [0.2, 0.25) is 0 Å². The van der Waals surface area contributed by atoms with Crippen LogP contribution >= 0.6 is 24.8 Å². The van der Waals surface area contributed by atoms with Gasteiger partial charge in [0.15, 0.2) is 11.5 Å². The lowest BCUT2D eigenvalue weighted by molar-refractivity contribution is -0.120. The molecule has 7 nitrogen and oxygen atoms in total. The summed E-state index contributed by atoms with van der Waals surface area (Å²) >= 11 is 0. The Morgan fingerprint density at radius 1 is 1.17 bits per heavy atom. The van der Waals surface area contributed by atoms with E-state index in [1.807, 2.05) is 18.2 Å². The molecule has 9 heteroatoms. The molecular weight excluding hydrogens is 417 g/mol. The number of hydrogen-bond acceptors (Lipinski definition) is 6. The van der Waals surface area contributed by atoms with Crippen LogP contribution in [0.3, 0.4) is 0 Å². The number of nitrogens with zero attached hydrogens (tertiary/aromatic N) is 1. The zero-order chi connectivity index (χ0) is 19.1. The molecule has 0 spiro atoms. The van der Waals surface area contributed by atoms with E-state index in [0.717, 1.165) is 31.1 Å². The molecule has 1 saturated carbocycles. The number of carbonyl (C=O) groups excluding carboxylic acids is 1. The molecular formula is C20H33Cl2N3O4. The summed E-state index contributed by atoms with van der Waals surface area (Å²) in [5, 5.41) is 6.32. The minimum atomic E-state index is 0. The lowest BCUT2D eigenvalue weighted by atomic mass is 10.0. The molecule has 0 radical (unpaired) electrons. The van der Waals surface area contributed by atoms with Gasteiger partial charge in [-0.25, -0.2) is 0 Å². The Kier molecular flexibility index (Phi) is 11.7. The third-order valence-corrected chi connectivity index (χ3v) is 5.19. The van der Waals surface area contributed by atoms with Crippen molar-refractivity contribution in [2.45, 2.75) is 18.9 Å². The molecule has 0 bridgehead atoms. The first-order valence-electron chi connectivity index (χ1n) is 9.72. The van der Waals surface area contributed by atoms with E-state index in [2.05, 4.69) is 15.5 Å². The van der Waals surface area contributed by atoms with Crippen LogP contribution in [0.1, 0.15) is 24.4 Å². The highest BCUT2D eigenvalue weighted by molar-refractivity contribution is 5.85. The maximum atomic E-state index is 12.2. The number of methoxy groups -OCH3 is 2. The number of amides is 1. The van der Waals surface area contributed by atoms with Gasteiger partial charge in [-0.3, -0.25) is 9.69 Å². The van der Waals surface area contributed by atoms with E-state index in [1.165, 1.54) is 12.8 Å². The van der Waals surface area contributed by atoms with E-state index in [0.29, 0.717) is 37.8 Å². The van der Waals surface area contributed by atoms with Crippen molar-refractivity contribution in [3.63, 3.8) is 0 Å². The first-order chi connectivity index (χ1) is 13.2. The van der Waals surface area contributed by atoms with Crippen molar-refractivity contribution in [1.82, 2.24) is 15.5 Å². The predicted molar refractivity (Wildman–Crippen MR) is 118 cm³/mol. The monoisotopic (exact) mass is 449 g/mol. The Labute approximate surface area is 185 Å². The second kappa shape index (κ2) is 13.1. The maximum Gasteiger partial charge on any atom is 0.234 e. The molecule has 1 heterocycles. The summed E-state index contributed by atoms with van der Waals surface area (Å²) in [6.45, 7) is 4.97. The minimum absolute atomic E-state index is 0. The quantitative estimate of drug-likeness (QED) is 0.569. The molecule has 1 aliphatic heterocycles. The molecule has 166 valence electrons. The first kappa shape index (κ1) is 25.8. The van der Waals surface area contributed by atoms with Gasteiger partial charge in [-0.15, -0.1) is 24.8 Å². The zero-order valence-corrected chi connectivity index (χ0v) is 18.8. The van der Waals surface area contributed by atoms with Crippen LogP contribution in [-0.2, 0) is 9.53 Å². The lowest BCUT2D eigenvalue weighted by Gasteiger charge is -2.35. The van der Waals surface area contributed by atoms with Crippen molar-refractivity contribution < 1.29 is 19.0 Å². The standard InChI is InChI=1S/C20H31N3O4.2ClH/c1-25-18-6-5-16(11-19(18)26-2)17(23-7-9-27-10-8-23)13-22-20(24)14-21-12-15-3-4-15;;/h5-6,11,15,17,21H,3-4,7-10,12-14H2,1-2H3,(H,22,24);2*1H. The number of carbonyl (C=O) groups is 1. The number of benzene rings is 1. The van der Waals surface area contributed by atoms with Gasteiger partial charge in [0, 0.05) is 19.6 Å². The van der Waals surface area contributed by atoms with Gasteiger partial charge in [-0.05, 0) is 43.0 Å². The second-order valence-corrected chi connectivity index (χ2v) is 7.16. The average molecular weight is 450 g/mol. The summed E-state index contributed by atoms with van der Waals surface area (Å²) in [6.07, 6.45) is 2.57. The largest absolute Gasteiger partial charge is 0.493 e. The van der Waals surface area contributed by atoms with Crippen LogP contribution in [0.5, 0.6) is 11.5 Å². The molecule has 1 saturated heterocycles. The van der Waals surface area contributed by atoms with Gasteiger partial charge in [0.2, 0.25) is 5.91 Å². The van der Waals surface area contributed by atoms with Crippen LogP contribution in [0.15, 0.2) is 18.2 Å². The Morgan fingerprint density at radius 2 is 1.86 bits per heavy atom. The van der Waals surface area contributed by atoms with Gasteiger partial charge < -0.3 is 24.8 Å². The molecule has 29 heavy (non-hydrogen) atoms. The molecule has 1 unspecified atom stereocenters. The Bertz CT molecular complexity index is 626. The molecule has 1 aromatic carbocycles. The van der Waals surface area contributed by atoms with Gasteiger partial charge in [0.05, 0.1) is 40.0 Å². The topological polar surface area (TPSA) is 72.1 Å². The number of ether oxygens (including phenoxy) is 3. The van der Waals surface area contributed by atoms with Crippen LogP contribution < -0.4 is 20.1 Å². The first-order valence-corrected chi connectivity index (χ1v) is 9.72. The molecule has 2 aliphatic rings. The maximum absolute atomic E-state index is 12.2. The van der Waals surface area contributed by atoms with Crippen LogP contribution in [0.25, 0.3) is 0 Å². The van der Waals surface area contributed by atoms with Crippen molar-refractivity contribution in [1.29, 1.82) is 0 Å². The number of halogens is 2.